The van der Waals surface area contributed by atoms with E-state index in [4.69, 9.17) is 16.0 Å². The molecular weight excluding hydrogens is 388 g/mol. The minimum atomic E-state index is -0.175. The van der Waals surface area contributed by atoms with Crippen LogP contribution in [0.15, 0.2) is 59.1 Å². The Morgan fingerprint density at radius 3 is 3.03 bits per heavy atom. The van der Waals surface area contributed by atoms with Gasteiger partial charge in [0.15, 0.2) is 5.69 Å². The molecule has 0 aliphatic carbocycles. The fraction of sp³-hybridized carbons (Fsp3) is 0.227. The monoisotopic (exact) mass is 406 g/mol. The second-order valence-corrected chi connectivity index (χ2v) is 7.68. The van der Waals surface area contributed by atoms with E-state index in [-0.39, 0.29) is 11.9 Å². The lowest BCUT2D eigenvalue weighted by Gasteiger charge is -2.21. The summed E-state index contributed by atoms with van der Waals surface area (Å²) in [5.41, 5.74) is 2.35. The fourth-order valence-electron chi connectivity index (χ4n) is 3.94. The average Bonchev–Trinajstić information content (AvgIpc) is 3.46. The maximum atomic E-state index is 13.2. The van der Waals surface area contributed by atoms with Crippen molar-refractivity contribution in [3.8, 4) is 0 Å². The van der Waals surface area contributed by atoms with E-state index >= 15 is 0 Å². The van der Waals surface area contributed by atoms with Gasteiger partial charge in [-0.25, -0.2) is 4.98 Å². The van der Waals surface area contributed by atoms with E-state index in [9.17, 15) is 4.79 Å². The van der Waals surface area contributed by atoms with Gasteiger partial charge in [-0.3, -0.25) is 9.89 Å². The zero-order valence-electron chi connectivity index (χ0n) is 15.6. The summed E-state index contributed by atoms with van der Waals surface area (Å²) in [7, 11) is 0. The molecule has 1 fully saturated rings. The Bertz CT molecular complexity index is 1180. The first-order chi connectivity index (χ1) is 14.2. The number of hydrogen-bond acceptors (Lipinski definition) is 4. The van der Waals surface area contributed by atoms with Crippen LogP contribution in [-0.4, -0.2) is 32.5 Å². The van der Waals surface area contributed by atoms with Gasteiger partial charge in [0.25, 0.3) is 5.91 Å². The average molecular weight is 407 g/mol. The number of oxazole rings is 1. The molecule has 1 amide bonds. The molecule has 0 radical (unpaired) electrons. The molecule has 1 aliphatic heterocycles. The summed E-state index contributed by atoms with van der Waals surface area (Å²) in [4.78, 5) is 19.5. The summed E-state index contributed by atoms with van der Waals surface area (Å²) in [5.74, 6) is 1.24. The number of aromatic amines is 1. The molecule has 1 unspecified atom stereocenters. The molecular formula is C22H19ClN4O2. The van der Waals surface area contributed by atoms with Gasteiger partial charge in [-0.15, -0.1) is 0 Å². The Kier molecular flexibility index (Phi) is 4.56. The summed E-state index contributed by atoms with van der Waals surface area (Å²) in [6, 6.07) is 15.2. The van der Waals surface area contributed by atoms with Crippen molar-refractivity contribution < 1.29 is 9.21 Å². The van der Waals surface area contributed by atoms with E-state index in [1.54, 1.807) is 6.20 Å². The maximum absolute atomic E-state index is 13.2. The van der Waals surface area contributed by atoms with Crippen LogP contribution in [0, 0.1) is 0 Å². The number of carbonyl (C=O) groups is 1. The highest BCUT2D eigenvalue weighted by Gasteiger charge is 2.35. The molecule has 29 heavy (non-hydrogen) atoms. The normalized spacial score (nSPS) is 16.6. The molecule has 146 valence electrons. The second kappa shape index (κ2) is 7.37. The third-order valence-corrected chi connectivity index (χ3v) is 5.55. The fourth-order valence-corrected chi connectivity index (χ4v) is 4.15. The van der Waals surface area contributed by atoms with Crippen molar-refractivity contribution in [3.05, 3.63) is 82.7 Å². The third-order valence-electron chi connectivity index (χ3n) is 5.31. The number of halogens is 1. The van der Waals surface area contributed by atoms with E-state index < -0.39 is 0 Å². The maximum Gasteiger partial charge on any atom is 0.275 e. The number of fused-ring (bicyclic) bond motifs is 1. The molecule has 1 atom stereocenters. The number of aromatic nitrogens is 3. The van der Waals surface area contributed by atoms with Gasteiger partial charge in [0.1, 0.15) is 11.8 Å². The Balaban J connectivity index is 1.38. The number of amides is 1. The Hall–Kier alpha value is -3.12. The van der Waals surface area contributed by atoms with Crippen LogP contribution in [0.4, 0.5) is 0 Å². The zero-order chi connectivity index (χ0) is 19.8. The van der Waals surface area contributed by atoms with E-state index in [2.05, 4.69) is 15.2 Å². The third kappa shape index (κ3) is 3.40. The van der Waals surface area contributed by atoms with Gasteiger partial charge in [0.05, 0.1) is 11.7 Å². The van der Waals surface area contributed by atoms with Gasteiger partial charge < -0.3 is 9.32 Å². The first-order valence-corrected chi connectivity index (χ1v) is 10.00. The van der Waals surface area contributed by atoms with Gasteiger partial charge >= 0.3 is 0 Å². The van der Waals surface area contributed by atoms with Crippen LogP contribution in [-0.2, 0) is 6.42 Å². The highest BCUT2D eigenvalue weighted by Crippen LogP contribution is 2.34. The van der Waals surface area contributed by atoms with E-state index in [1.807, 2.05) is 53.4 Å². The minimum Gasteiger partial charge on any atom is -0.443 e. The van der Waals surface area contributed by atoms with Crippen molar-refractivity contribution in [3.63, 3.8) is 0 Å². The summed E-state index contributed by atoms with van der Waals surface area (Å²) in [6.45, 7) is 0.663. The molecule has 5 rings (SSSR count). The van der Waals surface area contributed by atoms with Crippen LogP contribution in [0.25, 0.3) is 10.9 Å². The number of H-pyrrole nitrogens is 1. The van der Waals surface area contributed by atoms with E-state index in [1.165, 1.54) is 0 Å². The van der Waals surface area contributed by atoms with Crippen LogP contribution in [0.1, 0.15) is 46.6 Å². The summed E-state index contributed by atoms with van der Waals surface area (Å²) < 4.78 is 6.02. The number of rotatable bonds is 4. The topological polar surface area (TPSA) is 75.0 Å². The predicted molar refractivity (Wildman–Crippen MR) is 110 cm³/mol. The van der Waals surface area contributed by atoms with E-state index in [0.29, 0.717) is 29.6 Å². The molecule has 1 N–H and O–H groups in total. The number of para-hydroxylation sites is 1. The second-order valence-electron chi connectivity index (χ2n) is 7.25. The standard InChI is InChI=1S/C22H19ClN4O2/c23-15-6-3-5-14(11-15)12-16-13-24-21(29-16)19-9-4-10-27(19)22(28)20-17-7-1-2-8-18(17)25-26-20/h1-3,5-8,11,13,19H,4,9-10,12H2,(H,25,26). The first-order valence-electron chi connectivity index (χ1n) is 9.62. The smallest absolute Gasteiger partial charge is 0.275 e. The molecule has 2 aromatic heterocycles. The van der Waals surface area contributed by atoms with Crippen LogP contribution in [0.2, 0.25) is 5.02 Å². The number of benzene rings is 2. The van der Waals surface area contributed by atoms with Crippen molar-refractivity contribution in [2.45, 2.75) is 25.3 Å². The van der Waals surface area contributed by atoms with Gasteiger partial charge in [-0.2, -0.15) is 5.10 Å². The number of carbonyl (C=O) groups excluding carboxylic acids is 1. The van der Waals surface area contributed by atoms with Gasteiger partial charge in [0, 0.05) is 23.4 Å². The number of hydrogen-bond donors (Lipinski definition) is 1. The first kappa shape index (κ1) is 17.9. The Morgan fingerprint density at radius 1 is 1.24 bits per heavy atom. The molecule has 0 spiro atoms. The SMILES string of the molecule is O=C(c1n[nH]c2ccccc12)N1CCCC1c1ncc(Cc2cccc(Cl)c2)o1. The van der Waals surface area contributed by atoms with Gasteiger partial charge in [-0.05, 0) is 36.6 Å². The van der Waals surface area contributed by atoms with Crippen LogP contribution >= 0.6 is 11.6 Å². The molecule has 3 heterocycles. The lowest BCUT2D eigenvalue weighted by Crippen LogP contribution is -2.31. The zero-order valence-corrected chi connectivity index (χ0v) is 16.4. The van der Waals surface area contributed by atoms with Crippen molar-refractivity contribution in [1.29, 1.82) is 0 Å². The number of nitrogens with one attached hydrogen (secondary N) is 1. The van der Waals surface area contributed by atoms with Crippen molar-refractivity contribution in [2.75, 3.05) is 6.54 Å². The van der Waals surface area contributed by atoms with E-state index in [0.717, 1.165) is 35.1 Å². The van der Waals surface area contributed by atoms with Gasteiger partial charge in [-0.1, -0.05) is 41.9 Å². The molecule has 0 saturated carbocycles. The quantitative estimate of drug-likeness (QED) is 0.529. The lowest BCUT2D eigenvalue weighted by atomic mass is 10.1. The number of likely N-dealkylation sites (tertiary alicyclic amines) is 1. The predicted octanol–water partition coefficient (Wildman–Crippen LogP) is 4.77. The van der Waals surface area contributed by atoms with Crippen molar-refractivity contribution in [1.82, 2.24) is 20.1 Å². The van der Waals surface area contributed by atoms with Crippen molar-refractivity contribution in [2.24, 2.45) is 0 Å². The van der Waals surface area contributed by atoms with Gasteiger partial charge in [0.2, 0.25) is 5.89 Å². The highest BCUT2D eigenvalue weighted by atomic mass is 35.5. The Morgan fingerprint density at radius 2 is 2.14 bits per heavy atom. The molecule has 1 saturated heterocycles. The molecule has 0 bridgehead atoms. The summed E-state index contributed by atoms with van der Waals surface area (Å²) in [6.07, 6.45) is 4.08. The Labute approximate surface area is 172 Å². The van der Waals surface area contributed by atoms with Crippen LogP contribution in [0.5, 0.6) is 0 Å². The highest BCUT2D eigenvalue weighted by molar-refractivity contribution is 6.30. The molecule has 2 aromatic carbocycles. The number of nitrogens with zero attached hydrogens (tertiary/aromatic N) is 3. The molecule has 6 nitrogen and oxygen atoms in total. The molecule has 7 heteroatoms. The summed E-state index contributed by atoms with van der Waals surface area (Å²) >= 11 is 6.07. The minimum absolute atomic E-state index is 0.0976. The molecule has 1 aliphatic rings. The van der Waals surface area contributed by atoms with Crippen LogP contribution in [0.3, 0.4) is 0 Å². The van der Waals surface area contributed by atoms with Crippen molar-refractivity contribution >= 4 is 28.4 Å². The van der Waals surface area contributed by atoms with Crippen LogP contribution < -0.4 is 0 Å². The summed E-state index contributed by atoms with van der Waals surface area (Å²) in [5, 5.41) is 8.72. The largest absolute Gasteiger partial charge is 0.443 e. The lowest BCUT2D eigenvalue weighted by molar-refractivity contribution is 0.0710. The molecule has 4 aromatic rings.